The predicted octanol–water partition coefficient (Wildman–Crippen LogP) is 8.69. The average molecular weight is 619 g/mol. The monoisotopic (exact) mass is 619 g/mol. The predicted molar refractivity (Wildman–Crippen MR) is 203 cm³/mol. The molecular formula is C37H62N8. The lowest BCUT2D eigenvalue weighted by atomic mass is 9.94. The van der Waals surface area contributed by atoms with Crippen LogP contribution in [-0.4, -0.2) is 60.4 Å². The van der Waals surface area contributed by atoms with Crippen molar-refractivity contribution in [1.82, 2.24) is 5.43 Å². The number of hydrazine groups is 2. The summed E-state index contributed by atoms with van der Waals surface area (Å²) in [5.41, 5.74) is 17.2. The summed E-state index contributed by atoms with van der Waals surface area (Å²) in [4.78, 5) is 7.52. The summed E-state index contributed by atoms with van der Waals surface area (Å²) in [5.74, 6) is 0. The molecule has 0 bridgehead atoms. The van der Waals surface area contributed by atoms with Gasteiger partial charge in [0.1, 0.15) is 0 Å². The number of fused-ring (bicyclic) bond motifs is 1. The van der Waals surface area contributed by atoms with Gasteiger partial charge in [0.05, 0.1) is 39.8 Å². The largest absolute Gasteiger partial charge is 0.386 e. The molecule has 0 unspecified atom stereocenters. The van der Waals surface area contributed by atoms with E-state index in [-0.39, 0.29) is 0 Å². The number of nitrogens with one attached hydrogen (secondary N) is 4. The Morgan fingerprint density at radius 2 is 1.38 bits per heavy atom. The van der Waals surface area contributed by atoms with Crippen LogP contribution >= 0.6 is 0 Å². The minimum atomic E-state index is 0.869. The molecule has 45 heavy (non-hydrogen) atoms. The Morgan fingerprint density at radius 3 is 1.91 bits per heavy atom. The van der Waals surface area contributed by atoms with Gasteiger partial charge in [-0.1, -0.05) is 52.3 Å². The number of hydrogen-bond donors (Lipinski definition) is 4. The Hall–Kier alpha value is -3.52. The lowest BCUT2D eigenvalue weighted by molar-refractivity contribution is 0.628. The molecule has 8 heteroatoms. The van der Waals surface area contributed by atoms with Crippen molar-refractivity contribution in [3.8, 4) is 0 Å². The highest BCUT2D eigenvalue weighted by atomic mass is 15.7. The van der Waals surface area contributed by atoms with Crippen molar-refractivity contribution in [2.75, 3.05) is 96.3 Å². The van der Waals surface area contributed by atoms with Crippen LogP contribution < -0.4 is 41.3 Å². The highest BCUT2D eigenvalue weighted by Gasteiger charge is 2.30. The zero-order valence-corrected chi connectivity index (χ0v) is 30.0. The van der Waals surface area contributed by atoms with Crippen LogP contribution in [0, 0.1) is 6.92 Å². The van der Waals surface area contributed by atoms with Crippen molar-refractivity contribution in [1.29, 1.82) is 0 Å². The molecule has 0 aliphatic rings. The van der Waals surface area contributed by atoms with E-state index in [1.54, 1.807) is 0 Å². The molecule has 0 aliphatic heterocycles. The van der Waals surface area contributed by atoms with Gasteiger partial charge in [-0.15, -0.1) is 0 Å². The highest BCUT2D eigenvalue weighted by Crippen LogP contribution is 2.53. The molecule has 0 saturated heterocycles. The van der Waals surface area contributed by atoms with E-state index in [9.17, 15) is 0 Å². The Labute approximate surface area is 274 Å². The van der Waals surface area contributed by atoms with Crippen LogP contribution in [0.3, 0.4) is 0 Å². The van der Waals surface area contributed by atoms with Gasteiger partial charge in [0.25, 0.3) is 0 Å². The second-order valence-corrected chi connectivity index (χ2v) is 12.0. The number of anilines is 7. The first-order valence-corrected chi connectivity index (χ1v) is 17.4. The van der Waals surface area contributed by atoms with Crippen molar-refractivity contribution in [3.63, 3.8) is 0 Å². The first-order chi connectivity index (χ1) is 21.8. The SMILES string of the molecule is CCCCNN(Nc1ccccc1)c1c(C)c(N(CCC)CCC)c(N(CC)CC)c2c(N(C)C)c(NCCC)c(NC)cc12. The number of para-hydroxylation sites is 1. The minimum absolute atomic E-state index is 0.869. The summed E-state index contributed by atoms with van der Waals surface area (Å²) in [7, 11) is 6.41. The van der Waals surface area contributed by atoms with Crippen LogP contribution in [0.1, 0.15) is 79.2 Å². The van der Waals surface area contributed by atoms with Crippen molar-refractivity contribution >= 4 is 50.6 Å². The fraction of sp³-hybridized carbons (Fsp3) is 0.568. The summed E-state index contributed by atoms with van der Waals surface area (Å²) in [5, 5.41) is 12.1. The van der Waals surface area contributed by atoms with E-state index >= 15 is 0 Å². The van der Waals surface area contributed by atoms with Gasteiger partial charge >= 0.3 is 0 Å². The van der Waals surface area contributed by atoms with Crippen LogP contribution in [0.2, 0.25) is 0 Å². The molecular weight excluding hydrogens is 556 g/mol. The third-order valence-corrected chi connectivity index (χ3v) is 8.42. The summed E-state index contributed by atoms with van der Waals surface area (Å²) in [6.07, 6.45) is 5.45. The maximum atomic E-state index is 3.82. The number of benzene rings is 3. The molecule has 0 radical (unpaired) electrons. The van der Waals surface area contributed by atoms with Crippen LogP contribution in [0.4, 0.5) is 39.8 Å². The molecule has 4 N–H and O–H groups in total. The van der Waals surface area contributed by atoms with Gasteiger partial charge in [-0.3, -0.25) is 5.43 Å². The van der Waals surface area contributed by atoms with Gasteiger partial charge in [-0.2, -0.15) is 0 Å². The Bertz CT molecular complexity index is 1310. The third-order valence-electron chi connectivity index (χ3n) is 8.42. The van der Waals surface area contributed by atoms with E-state index in [0.29, 0.717) is 0 Å². The zero-order valence-electron chi connectivity index (χ0n) is 30.0. The average Bonchev–Trinajstić information content (AvgIpc) is 3.03. The lowest BCUT2D eigenvalue weighted by Gasteiger charge is -2.39. The molecule has 0 fully saturated rings. The Morgan fingerprint density at radius 1 is 0.711 bits per heavy atom. The molecule has 0 heterocycles. The highest BCUT2D eigenvalue weighted by molar-refractivity contribution is 6.20. The summed E-state index contributed by atoms with van der Waals surface area (Å²) in [6.45, 7) is 21.6. The Balaban J connectivity index is 2.64. The zero-order chi connectivity index (χ0) is 32.9. The second-order valence-electron chi connectivity index (χ2n) is 12.0. The first kappa shape index (κ1) is 36.0. The van der Waals surface area contributed by atoms with Crippen LogP contribution in [0.5, 0.6) is 0 Å². The van der Waals surface area contributed by atoms with E-state index in [1.165, 1.54) is 33.4 Å². The molecule has 0 atom stereocenters. The fourth-order valence-electron chi connectivity index (χ4n) is 6.36. The van der Waals surface area contributed by atoms with Gasteiger partial charge in [0.2, 0.25) is 0 Å². The maximum Gasteiger partial charge on any atom is 0.0887 e. The maximum absolute atomic E-state index is 3.82. The summed E-state index contributed by atoms with van der Waals surface area (Å²) >= 11 is 0. The van der Waals surface area contributed by atoms with Gasteiger partial charge in [0.15, 0.2) is 0 Å². The van der Waals surface area contributed by atoms with Crippen molar-refractivity contribution < 1.29 is 0 Å². The van der Waals surface area contributed by atoms with Crippen molar-refractivity contribution in [2.45, 2.75) is 80.6 Å². The standard InChI is InChI=1S/C37H62N8/c1-11-17-24-40-45(41-29-21-19-18-20-22-29)34-28(7)35(44(25-13-3)26-14-4)37(43(15-5)16-6)32-30(34)27-31(38-8)33(39-23-12-2)36(32)42(9)10/h18-22,27,38-41H,11-17,23-26H2,1-10H3. The summed E-state index contributed by atoms with van der Waals surface area (Å²) in [6, 6.07) is 12.9. The normalized spacial score (nSPS) is 11.1. The Kier molecular flexibility index (Phi) is 14.2. The van der Waals surface area contributed by atoms with E-state index in [1.807, 2.05) is 7.05 Å². The van der Waals surface area contributed by atoms with E-state index in [4.69, 9.17) is 0 Å². The van der Waals surface area contributed by atoms with E-state index < -0.39 is 0 Å². The number of nitrogens with zero attached hydrogens (tertiary/aromatic N) is 4. The van der Waals surface area contributed by atoms with Crippen LogP contribution in [0.25, 0.3) is 10.8 Å². The molecule has 0 aromatic heterocycles. The van der Waals surface area contributed by atoms with Crippen LogP contribution in [0.15, 0.2) is 36.4 Å². The summed E-state index contributed by atoms with van der Waals surface area (Å²) < 4.78 is 0. The van der Waals surface area contributed by atoms with Crippen LogP contribution in [-0.2, 0) is 0 Å². The van der Waals surface area contributed by atoms with Crippen molar-refractivity contribution in [2.24, 2.45) is 0 Å². The second kappa shape index (κ2) is 17.8. The third kappa shape index (κ3) is 8.20. The smallest absolute Gasteiger partial charge is 0.0887 e. The molecule has 3 aromatic rings. The first-order valence-electron chi connectivity index (χ1n) is 17.4. The van der Waals surface area contributed by atoms with E-state index in [0.717, 1.165) is 94.1 Å². The molecule has 0 saturated carbocycles. The van der Waals surface area contributed by atoms with Gasteiger partial charge < -0.3 is 25.3 Å². The molecule has 0 spiro atoms. The van der Waals surface area contributed by atoms with Gasteiger partial charge in [0, 0.05) is 76.7 Å². The lowest BCUT2D eigenvalue weighted by Crippen LogP contribution is -2.44. The quantitative estimate of drug-likeness (QED) is 0.0741. The fourth-order valence-corrected chi connectivity index (χ4v) is 6.36. The minimum Gasteiger partial charge on any atom is -0.386 e. The molecule has 8 nitrogen and oxygen atoms in total. The molecule has 3 rings (SSSR count). The number of rotatable bonds is 20. The van der Waals surface area contributed by atoms with E-state index in [2.05, 4.69) is 140 Å². The van der Waals surface area contributed by atoms with Crippen molar-refractivity contribution in [3.05, 3.63) is 42.0 Å². The molecule has 250 valence electrons. The number of hydrogen-bond acceptors (Lipinski definition) is 8. The topological polar surface area (TPSA) is 61.1 Å². The van der Waals surface area contributed by atoms with Gasteiger partial charge in [-0.05, 0) is 64.7 Å². The number of unbranched alkanes of at least 4 members (excludes halogenated alkanes) is 1. The molecule has 0 aliphatic carbocycles. The molecule has 3 aromatic carbocycles. The van der Waals surface area contributed by atoms with Gasteiger partial charge in [-0.25, -0.2) is 10.5 Å². The molecule has 0 amide bonds.